The molecule has 1 unspecified atom stereocenters. The Hall–Kier alpha value is -1.15. The van der Waals surface area contributed by atoms with Crippen molar-refractivity contribution in [2.45, 2.75) is 45.7 Å². The molecule has 1 aromatic rings. The summed E-state index contributed by atoms with van der Waals surface area (Å²) in [6, 6.07) is 8.66. The molecule has 1 aliphatic heterocycles. The fourth-order valence-corrected chi connectivity index (χ4v) is 2.56. The molecule has 1 heterocycles. The quantitative estimate of drug-likeness (QED) is 0.797. The van der Waals surface area contributed by atoms with E-state index in [2.05, 4.69) is 29.2 Å². The molecule has 0 N–H and O–H groups in total. The minimum Gasteiger partial charge on any atom is -0.298 e. The van der Waals surface area contributed by atoms with Crippen molar-refractivity contribution in [3.63, 3.8) is 0 Å². The van der Waals surface area contributed by atoms with E-state index < -0.39 is 0 Å². The van der Waals surface area contributed by atoms with Crippen LogP contribution in [0.2, 0.25) is 0 Å². The topological polar surface area (TPSA) is 20.3 Å². The van der Waals surface area contributed by atoms with Gasteiger partial charge in [0, 0.05) is 13.0 Å². The molecule has 0 bridgehead atoms. The second-order valence-corrected chi connectivity index (χ2v) is 4.84. The summed E-state index contributed by atoms with van der Waals surface area (Å²) in [6.07, 6.45) is 2.93. The fourth-order valence-electron chi connectivity index (χ4n) is 2.56. The van der Waals surface area contributed by atoms with Gasteiger partial charge >= 0.3 is 0 Å². The first-order valence-electron chi connectivity index (χ1n) is 6.56. The maximum Gasteiger partial charge on any atom is 0.149 e. The molecule has 92 valence electrons. The van der Waals surface area contributed by atoms with E-state index >= 15 is 0 Å². The molecule has 1 atom stereocenters. The number of nitrogens with zero attached hydrogens (tertiary/aromatic N) is 1. The van der Waals surface area contributed by atoms with E-state index in [9.17, 15) is 4.79 Å². The third kappa shape index (κ3) is 2.75. The van der Waals surface area contributed by atoms with Crippen molar-refractivity contribution < 1.29 is 4.79 Å². The first-order chi connectivity index (χ1) is 8.22. The lowest BCUT2D eigenvalue weighted by Crippen LogP contribution is -2.38. The number of fused-ring (bicyclic) bond motifs is 1. The molecule has 17 heavy (non-hydrogen) atoms. The zero-order valence-corrected chi connectivity index (χ0v) is 10.8. The van der Waals surface area contributed by atoms with E-state index in [1.165, 1.54) is 11.1 Å². The third-order valence-corrected chi connectivity index (χ3v) is 3.75. The van der Waals surface area contributed by atoms with E-state index in [1.807, 2.05) is 13.8 Å². The molecular formula is C15H21NO. The van der Waals surface area contributed by atoms with Gasteiger partial charge in [-0.25, -0.2) is 0 Å². The molecule has 0 aliphatic carbocycles. The molecule has 0 saturated heterocycles. The summed E-state index contributed by atoms with van der Waals surface area (Å²) in [4.78, 5) is 14.1. The monoisotopic (exact) mass is 231 g/mol. The number of benzene rings is 1. The highest BCUT2D eigenvalue weighted by molar-refractivity contribution is 5.83. The van der Waals surface area contributed by atoms with Crippen LogP contribution in [0, 0.1) is 0 Å². The Balaban J connectivity index is 2.15. The molecule has 2 rings (SSSR count). The second-order valence-electron chi connectivity index (χ2n) is 4.84. The molecule has 0 radical (unpaired) electrons. The van der Waals surface area contributed by atoms with E-state index in [0.29, 0.717) is 12.2 Å². The van der Waals surface area contributed by atoms with Crippen molar-refractivity contribution in [2.24, 2.45) is 0 Å². The van der Waals surface area contributed by atoms with Crippen molar-refractivity contribution in [3.8, 4) is 0 Å². The summed E-state index contributed by atoms with van der Waals surface area (Å²) in [6.45, 7) is 5.94. The van der Waals surface area contributed by atoms with Gasteiger partial charge < -0.3 is 0 Å². The molecule has 1 aliphatic rings. The molecule has 2 heteroatoms. The molecule has 0 amide bonds. The van der Waals surface area contributed by atoms with Crippen molar-refractivity contribution in [3.05, 3.63) is 35.4 Å². The average molecular weight is 231 g/mol. The van der Waals surface area contributed by atoms with Crippen LogP contribution in [0.25, 0.3) is 0 Å². The van der Waals surface area contributed by atoms with Crippen LogP contribution in [0.5, 0.6) is 0 Å². The standard InChI is InChI=1S/C15H21NO/c1-3-15(17)12(2)16-10-6-9-13-7-4-5-8-14(13)11-16/h4-5,7-8,12H,3,6,9-11H2,1-2H3. The highest BCUT2D eigenvalue weighted by atomic mass is 16.1. The van der Waals surface area contributed by atoms with Crippen LogP contribution in [0.15, 0.2) is 24.3 Å². The van der Waals surface area contributed by atoms with Gasteiger partial charge in [-0.05, 0) is 37.4 Å². The van der Waals surface area contributed by atoms with E-state index in [1.54, 1.807) is 0 Å². The van der Waals surface area contributed by atoms with E-state index in [4.69, 9.17) is 0 Å². The maximum atomic E-state index is 11.8. The summed E-state index contributed by atoms with van der Waals surface area (Å²) in [5.41, 5.74) is 2.84. The largest absolute Gasteiger partial charge is 0.298 e. The van der Waals surface area contributed by atoms with Crippen LogP contribution in [0.4, 0.5) is 0 Å². The number of carbonyl (C=O) groups is 1. The van der Waals surface area contributed by atoms with Crippen molar-refractivity contribution in [2.75, 3.05) is 6.54 Å². The normalized spacial score (nSPS) is 18.2. The highest BCUT2D eigenvalue weighted by Crippen LogP contribution is 2.20. The Morgan fingerprint density at radius 1 is 1.35 bits per heavy atom. The first-order valence-corrected chi connectivity index (χ1v) is 6.56. The Labute approximate surface area is 104 Å². The van der Waals surface area contributed by atoms with Gasteiger partial charge in [0.1, 0.15) is 5.78 Å². The van der Waals surface area contributed by atoms with Crippen molar-refractivity contribution >= 4 is 5.78 Å². The minimum atomic E-state index is 0.0613. The predicted octanol–water partition coefficient (Wildman–Crippen LogP) is 2.80. The molecule has 2 nitrogen and oxygen atoms in total. The number of aryl methyl sites for hydroxylation is 1. The molecule has 0 spiro atoms. The summed E-state index contributed by atoms with van der Waals surface area (Å²) in [5, 5.41) is 0. The lowest BCUT2D eigenvalue weighted by atomic mass is 10.0. The van der Waals surface area contributed by atoms with Gasteiger partial charge in [-0.15, -0.1) is 0 Å². The minimum absolute atomic E-state index is 0.0613. The Bertz CT molecular complexity index is 400. The highest BCUT2D eigenvalue weighted by Gasteiger charge is 2.22. The van der Waals surface area contributed by atoms with Crippen LogP contribution in [-0.4, -0.2) is 23.3 Å². The first kappa shape index (κ1) is 12.3. The number of rotatable bonds is 3. The van der Waals surface area contributed by atoms with Crippen LogP contribution in [-0.2, 0) is 17.8 Å². The van der Waals surface area contributed by atoms with Gasteiger partial charge in [-0.3, -0.25) is 9.69 Å². The van der Waals surface area contributed by atoms with Crippen molar-refractivity contribution in [1.82, 2.24) is 4.90 Å². The molecule has 1 aromatic carbocycles. The number of hydrogen-bond acceptors (Lipinski definition) is 2. The summed E-state index contributed by atoms with van der Waals surface area (Å²) < 4.78 is 0. The number of ketones is 1. The molecular weight excluding hydrogens is 210 g/mol. The Morgan fingerprint density at radius 2 is 2.06 bits per heavy atom. The van der Waals surface area contributed by atoms with Gasteiger partial charge in [0.15, 0.2) is 0 Å². The van der Waals surface area contributed by atoms with Gasteiger partial charge in [-0.1, -0.05) is 31.2 Å². The van der Waals surface area contributed by atoms with Gasteiger partial charge in [0.2, 0.25) is 0 Å². The Morgan fingerprint density at radius 3 is 2.76 bits per heavy atom. The maximum absolute atomic E-state index is 11.8. The number of Topliss-reactive ketones (excluding diaryl/α,β-unsaturated/α-hetero) is 1. The lowest BCUT2D eigenvalue weighted by Gasteiger charge is -2.26. The van der Waals surface area contributed by atoms with Crippen LogP contribution >= 0.6 is 0 Å². The fraction of sp³-hybridized carbons (Fsp3) is 0.533. The molecule has 0 saturated carbocycles. The van der Waals surface area contributed by atoms with Gasteiger partial charge in [0.05, 0.1) is 6.04 Å². The smallest absolute Gasteiger partial charge is 0.149 e. The van der Waals surface area contributed by atoms with Crippen molar-refractivity contribution in [1.29, 1.82) is 0 Å². The van der Waals surface area contributed by atoms with Crippen LogP contribution in [0.3, 0.4) is 0 Å². The summed E-state index contributed by atoms with van der Waals surface area (Å²) in [7, 11) is 0. The summed E-state index contributed by atoms with van der Waals surface area (Å²) in [5.74, 6) is 0.351. The lowest BCUT2D eigenvalue weighted by molar-refractivity contribution is -0.123. The second kappa shape index (κ2) is 5.46. The molecule has 0 fully saturated rings. The Kier molecular flexibility index (Phi) is 3.95. The average Bonchev–Trinajstić information content (AvgIpc) is 2.58. The van der Waals surface area contributed by atoms with E-state index in [0.717, 1.165) is 25.9 Å². The van der Waals surface area contributed by atoms with Crippen LogP contribution in [0.1, 0.15) is 37.8 Å². The van der Waals surface area contributed by atoms with E-state index in [-0.39, 0.29) is 6.04 Å². The van der Waals surface area contributed by atoms with Crippen LogP contribution < -0.4 is 0 Å². The number of carbonyl (C=O) groups excluding carboxylic acids is 1. The van der Waals surface area contributed by atoms with Gasteiger partial charge in [0.25, 0.3) is 0 Å². The predicted molar refractivity (Wildman–Crippen MR) is 69.9 cm³/mol. The summed E-state index contributed by atoms with van der Waals surface area (Å²) >= 11 is 0. The SMILES string of the molecule is CCC(=O)C(C)N1CCCc2ccccc2C1. The zero-order chi connectivity index (χ0) is 12.3. The zero-order valence-electron chi connectivity index (χ0n) is 10.8. The molecule has 0 aromatic heterocycles. The number of hydrogen-bond donors (Lipinski definition) is 0. The van der Waals surface area contributed by atoms with Gasteiger partial charge in [-0.2, -0.15) is 0 Å². The third-order valence-electron chi connectivity index (χ3n) is 3.75.